The van der Waals surface area contributed by atoms with Crippen LogP contribution in [-0.4, -0.2) is 42.6 Å². The third-order valence-corrected chi connectivity index (χ3v) is 5.49. The average molecular weight is 338 g/mol. The average Bonchev–Trinajstić information content (AvgIpc) is 2.81. The number of aromatic nitrogens is 1. The second kappa shape index (κ2) is 5.60. The molecule has 124 valence electrons. The zero-order valence-electron chi connectivity index (χ0n) is 12.2. The number of rotatable bonds is 3. The van der Waals surface area contributed by atoms with Crippen LogP contribution in [0.15, 0.2) is 6.07 Å². The monoisotopic (exact) mass is 338 g/mol. The van der Waals surface area contributed by atoms with Gasteiger partial charge in [-0.3, -0.25) is 4.79 Å². The van der Waals surface area contributed by atoms with Crippen molar-refractivity contribution in [2.75, 3.05) is 11.5 Å². The molecule has 1 aliphatic rings. The standard InChI is InChI=1S/C13H17F3N2O3S/c1-8-5-11(9(2)18(8)7-13(14,15)16)12(19)17-10-3-4-22(20,21)6-10/h5,10H,3-4,6-7H2,1-2H3,(H,17,19)/t10-/m0/s1. The summed E-state index contributed by atoms with van der Waals surface area (Å²) in [5.41, 5.74) is 0.693. The Bertz CT molecular complexity index is 692. The van der Waals surface area contributed by atoms with Crippen LogP contribution in [0.5, 0.6) is 0 Å². The molecule has 0 spiro atoms. The Morgan fingerprint density at radius 2 is 2.05 bits per heavy atom. The zero-order valence-corrected chi connectivity index (χ0v) is 13.0. The van der Waals surface area contributed by atoms with Gasteiger partial charge in [-0.05, 0) is 26.3 Å². The molecule has 0 aliphatic carbocycles. The van der Waals surface area contributed by atoms with Crippen molar-refractivity contribution in [3.8, 4) is 0 Å². The predicted molar refractivity (Wildman–Crippen MR) is 74.5 cm³/mol. The van der Waals surface area contributed by atoms with Gasteiger partial charge >= 0.3 is 6.18 Å². The van der Waals surface area contributed by atoms with Crippen LogP contribution in [0.3, 0.4) is 0 Å². The van der Waals surface area contributed by atoms with Crippen molar-refractivity contribution in [3.63, 3.8) is 0 Å². The number of halogens is 3. The van der Waals surface area contributed by atoms with E-state index < -0.39 is 34.5 Å². The first-order valence-corrected chi connectivity index (χ1v) is 8.55. The van der Waals surface area contributed by atoms with Gasteiger partial charge in [0.2, 0.25) is 0 Å². The lowest BCUT2D eigenvalue weighted by Gasteiger charge is -2.13. The molecule has 0 unspecified atom stereocenters. The third kappa shape index (κ3) is 3.82. The van der Waals surface area contributed by atoms with Crippen LogP contribution in [0.4, 0.5) is 13.2 Å². The minimum Gasteiger partial charge on any atom is -0.348 e. The van der Waals surface area contributed by atoms with E-state index in [0.717, 1.165) is 4.57 Å². The van der Waals surface area contributed by atoms with Crippen LogP contribution >= 0.6 is 0 Å². The van der Waals surface area contributed by atoms with E-state index in [1.54, 1.807) is 0 Å². The summed E-state index contributed by atoms with van der Waals surface area (Å²) in [6.45, 7) is 1.78. The number of aryl methyl sites for hydroxylation is 1. The largest absolute Gasteiger partial charge is 0.406 e. The predicted octanol–water partition coefficient (Wildman–Crippen LogP) is 1.58. The first-order chi connectivity index (χ1) is 9.98. The molecule has 1 amide bonds. The van der Waals surface area contributed by atoms with E-state index in [9.17, 15) is 26.4 Å². The van der Waals surface area contributed by atoms with Crippen LogP contribution in [0.25, 0.3) is 0 Å². The van der Waals surface area contributed by atoms with Crippen molar-refractivity contribution < 1.29 is 26.4 Å². The minimum absolute atomic E-state index is 0.0189. The maximum Gasteiger partial charge on any atom is 0.406 e. The summed E-state index contributed by atoms with van der Waals surface area (Å²) in [5, 5.41) is 2.58. The number of hydrogen-bond donors (Lipinski definition) is 1. The smallest absolute Gasteiger partial charge is 0.348 e. The van der Waals surface area contributed by atoms with Crippen LogP contribution < -0.4 is 5.32 Å². The van der Waals surface area contributed by atoms with Gasteiger partial charge in [-0.25, -0.2) is 8.42 Å². The number of nitrogens with zero attached hydrogens (tertiary/aromatic N) is 1. The Morgan fingerprint density at radius 3 is 2.55 bits per heavy atom. The van der Waals surface area contributed by atoms with Crippen molar-refractivity contribution in [3.05, 3.63) is 23.0 Å². The Balaban J connectivity index is 2.16. The molecule has 0 radical (unpaired) electrons. The fourth-order valence-corrected chi connectivity index (χ4v) is 4.30. The summed E-state index contributed by atoms with van der Waals surface area (Å²) in [6, 6.07) is 0.906. The van der Waals surface area contributed by atoms with Gasteiger partial charge in [0, 0.05) is 17.4 Å². The molecule has 1 fully saturated rings. The molecular formula is C13H17F3N2O3S. The number of sulfone groups is 1. The molecule has 1 aliphatic heterocycles. The topological polar surface area (TPSA) is 68.2 Å². The molecule has 22 heavy (non-hydrogen) atoms. The molecule has 1 atom stereocenters. The van der Waals surface area contributed by atoms with Gasteiger partial charge in [-0.15, -0.1) is 0 Å². The lowest BCUT2D eigenvalue weighted by atomic mass is 10.2. The number of hydrogen-bond acceptors (Lipinski definition) is 3. The summed E-state index contributed by atoms with van der Waals surface area (Å²) >= 11 is 0. The number of nitrogens with one attached hydrogen (secondary N) is 1. The van der Waals surface area contributed by atoms with E-state index >= 15 is 0 Å². The molecule has 2 rings (SSSR count). The van der Waals surface area contributed by atoms with Crippen LogP contribution in [0, 0.1) is 13.8 Å². The fourth-order valence-electron chi connectivity index (χ4n) is 2.63. The zero-order chi connectivity index (χ0) is 16.7. The van der Waals surface area contributed by atoms with Crippen molar-refractivity contribution >= 4 is 15.7 Å². The van der Waals surface area contributed by atoms with Crippen molar-refractivity contribution in [1.29, 1.82) is 0 Å². The summed E-state index contributed by atoms with van der Waals surface area (Å²) < 4.78 is 61.4. The Labute approximate surface area is 126 Å². The number of carbonyl (C=O) groups is 1. The first kappa shape index (κ1) is 16.9. The number of amides is 1. The normalized spacial score (nSPS) is 21.0. The highest BCUT2D eigenvalue weighted by Crippen LogP contribution is 2.23. The highest BCUT2D eigenvalue weighted by Gasteiger charge is 2.32. The summed E-state index contributed by atoms with van der Waals surface area (Å²) in [7, 11) is -3.13. The second-order valence-electron chi connectivity index (χ2n) is 5.56. The van der Waals surface area contributed by atoms with Gasteiger partial charge in [0.25, 0.3) is 5.91 Å². The van der Waals surface area contributed by atoms with E-state index in [-0.39, 0.29) is 22.8 Å². The van der Waals surface area contributed by atoms with Gasteiger partial charge < -0.3 is 9.88 Å². The van der Waals surface area contributed by atoms with Crippen LogP contribution in [-0.2, 0) is 16.4 Å². The highest BCUT2D eigenvalue weighted by atomic mass is 32.2. The van der Waals surface area contributed by atoms with Gasteiger partial charge in [0.05, 0.1) is 17.1 Å². The highest BCUT2D eigenvalue weighted by molar-refractivity contribution is 7.91. The molecule has 2 heterocycles. The third-order valence-electron chi connectivity index (χ3n) is 3.72. The second-order valence-corrected chi connectivity index (χ2v) is 7.79. The van der Waals surface area contributed by atoms with Gasteiger partial charge in [0.15, 0.2) is 9.84 Å². The van der Waals surface area contributed by atoms with Gasteiger partial charge in [-0.1, -0.05) is 0 Å². The molecular weight excluding hydrogens is 321 g/mol. The van der Waals surface area contributed by atoms with E-state index in [0.29, 0.717) is 12.1 Å². The van der Waals surface area contributed by atoms with Crippen LogP contribution in [0.2, 0.25) is 0 Å². The molecule has 1 N–H and O–H groups in total. The number of carbonyl (C=O) groups excluding carboxylic acids is 1. The SMILES string of the molecule is Cc1cc(C(=O)N[C@H]2CCS(=O)(=O)C2)c(C)n1CC(F)(F)F. The van der Waals surface area contributed by atoms with E-state index in [2.05, 4.69) is 5.32 Å². The van der Waals surface area contributed by atoms with Gasteiger partial charge in [0.1, 0.15) is 6.54 Å². The first-order valence-electron chi connectivity index (χ1n) is 6.73. The molecule has 0 saturated carbocycles. The molecule has 5 nitrogen and oxygen atoms in total. The number of alkyl halides is 3. The molecule has 1 aromatic rings. The molecule has 9 heteroatoms. The summed E-state index contributed by atoms with van der Waals surface area (Å²) in [6.07, 6.45) is -4.04. The van der Waals surface area contributed by atoms with E-state index in [1.807, 2.05) is 0 Å². The van der Waals surface area contributed by atoms with E-state index in [4.69, 9.17) is 0 Å². The minimum atomic E-state index is -4.37. The van der Waals surface area contributed by atoms with E-state index in [1.165, 1.54) is 19.9 Å². The molecule has 0 bridgehead atoms. The van der Waals surface area contributed by atoms with Gasteiger partial charge in [-0.2, -0.15) is 13.2 Å². The maximum atomic E-state index is 12.5. The quantitative estimate of drug-likeness (QED) is 0.910. The lowest BCUT2D eigenvalue weighted by molar-refractivity contribution is -0.141. The molecule has 1 aromatic heterocycles. The Hall–Kier alpha value is -1.51. The molecule has 0 aromatic carbocycles. The molecule has 1 saturated heterocycles. The Kier molecular flexibility index (Phi) is 4.29. The van der Waals surface area contributed by atoms with Crippen molar-refractivity contribution in [1.82, 2.24) is 9.88 Å². The lowest BCUT2D eigenvalue weighted by Crippen LogP contribution is -2.35. The van der Waals surface area contributed by atoms with Crippen molar-refractivity contribution in [2.45, 2.75) is 39.0 Å². The van der Waals surface area contributed by atoms with Crippen LogP contribution in [0.1, 0.15) is 28.2 Å². The fraction of sp³-hybridized carbons (Fsp3) is 0.615. The summed E-state index contributed by atoms with van der Waals surface area (Å²) in [5.74, 6) is -0.644. The Morgan fingerprint density at radius 1 is 1.41 bits per heavy atom. The maximum absolute atomic E-state index is 12.5. The van der Waals surface area contributed by atoms with Crippen molar-refractivity contribution in [2.24, 2.45) is 0 Å². The summed E-state index contributed by atoms with van der Waals surface area (Å²) in [4.78, 5) is 12.2.